The molecule has 7 heteroatoms. The minimum absolute atomic E-state index is 0.191. The Morgan fingerprint density at radius 2 is 1.81 bits per heavy atom. The molecule has 1 aliphatic heterocycles. The van der Waals surface area contributed by atoms with Crippen LogP contribution in [0.25, 0.3) is 6.08 Å². The summed E-state index contributed by atoms with van der Waals surface area (Å²) >= 11 is 0.861. The molecule has 1 fully saturated rings. The average molecular weight is 368 g/mol. The van der Waals surface area contributed by atoms with Gasteiger partial charge in [0, 0.05) is 12.1 Å². The fourth-order valence-electron chi connectivity index (χ4n) is 2.33. The molecule has 6 nitrogen and oxygen atoms in total. The Kier molecular flexibility index (Phi) is 5.38. The largest absolute Gasteiger partial charge is 0.497 e. The van der Waals surface area contributed by atoms with Gasteiger partial charge in [0.15, 0.2) is 0 Å². The fraction of sp³-hybridized carbons (Fsp3) is 0.105. The maximum absolute atomic E-state index is 12.2. The van der Waals surface area contributed by atoms with Gasteiger partial charge in [-0.3, -0.25) is 19.7 Å². The summed E-state index contributed by atoms with van der Waals surface area (Å²) in [6, 6.07) is 14.3. The Balaban J connectivity index is 1.60. The molecule has 2 N–H and O–H groups in total. The lowest BCUT2D eigenvalue weighted by atomic mass is 10.1. The van der Waals surface area contributed by atoms with Gasteiger partial charge in [0.2, 0.25) is 0 Å². The van der Waals surface area contributed by atoms with Crippen molar-refractivity contribution < 1.29 is 19.1 Å². The van der Waals surface area contributed by atoms with Crippen LogP contribution in [0.4, 0.5) is 4.79 Å². The molecule has 0 unspecified atom stereocenters. The zero-order valence-electron chi connectivity index (χ0n) is 13.9. The van der Waals surface area contributed by atoms with Crippen molar-refractivity contribution in [3.63, 3.8) is 0 Å². The molecule has 0 radical (unpaired) electrons. The molecule has 2 aromatic rings. The molecule has 0 saturated carbocycles. The minimum atomic E-state index is -0.402. The van der Waals surface area contributed by atoms with Crippen molar-refractivity contribution in [3.8, 4) is 5.75 Å². The van der Waals surface area contributed by atoms with Crippen molar-refractivity contribution in [2.45, 2.75) is 6.54 Å². The third-order valence-corrected chi connectivity index (χ3v) is 4.54. The van der Waals surface area contributed by atoms with Crippen LogP contribution in [0.1, 0.15) is 21.5 Å². The zero-order valence-corrected chi connectivity index (χ0v) is 14.8. The molecule has 3 rings (SSSR count). The summed E-state index contributed by atoms with van der Waals surface area (Å²) in [6.45, 7) is 0.410. The van der Waals surface area contributed by atoms with E-state index in [4.69, 9.17) is 4.74 Å². The van der Waals surface area contributed by atoms with Crippen molar-refractivity contribution >= 4 is 34.9 Å². The van der Waals surface area contributed by atoms with Crippen LogP contribution in [0.2, 0.25) is 0 Å². The Labute approximate surface area is 154 Å². The van der Waals surface area contributed by atoms with Crippen LogP contribution in [0, 0.1) is 0 Å². The Hall–Kier alpha value is -3.06. The SMILES string of the molecule is COc1ccc(CNC(=O)c2ccc(/C=C3/SC(=O)NC3=O)cc2)cc1. The lowest BCUT2D eigenvalue weighted by Gasteiger charge is -2.07. The van der Waals surface area contributed by atoms with E-state index in [9.17, 15) is 14.4 Å². The minimum Gasteiger partial charge on any atom is -0.497 e. The summed E-state index contributed by atoms with van der Waals surface area (Å²) in [7, 11) is 1.60. The highest BCUT2D eigenvalue weighted by atomic mass is 32.2. The van der Waals surface area contributed by atoms with Crippen LogP contribution in [-0.2, 0) is 11.3 Å². The number of thioether (sulfide) groups is 1. The van der Waals surface area contributed by atoms with Crippen LogP contribution in [-0.4, -0.2) is 24.2 Å². The van der Waals surface area contributed by atoms with Gasteiger partial charge in [0.1, 0.15) is 5.75 Å². The summed E-state index contributed by atoms with van der Waals surface area (Å²) < 4.78 is 5.10. The number of amides is 3. The molecule has 0 atom stereocenters. The summed E-state index contributed by atoms with van der Waals surface area (Å²) in [5, 5.41) is 4.67. The lowest BCUT2D eigenvalue weighted by Crippen LogP contribution is -2.22. The highest BCUT2D eigenvalue weighted by molar-refractivity contribution is 8.18. The molecule has 1 aliphatic rings. The standard InChI is InChI=1S/C19H16N2O4S/c1-25-15-8-4-13(5-9-15)11-20-17(22)14-6-2-12(3-7-14)10-16-18(23)21-19(24)26-16/h2-10H,11H2,1H3,(H,20,22)(H,21,23,24)/b16-10+. The van der Waals surface area contributed by atoms with Crippen LogP contribution < -0.4 is 15.4 Å². The highest BCUT2D eigenvalue weighted by Crippen LogP contribution is 2.25. The van der Waals surface area contributed by atoms with Gasteiger partial charge in [0.25, 0.3) is 17.1 Å². The first-order valence-electron chi connectivity index (χ1n) is 7.81. The number of methoxy groups -OCH3 is 1. The molecule has 1 heterocycles. The molecule has 132 valence electrons. The first-order valence-corrected chi connectivity index (χ1v) is 8.63. The smallest absolute Gasteiger partial charge is 0.290 e. The Morgan fingerprint density at radius 3 is 2.38 bits per heavy atom. The number of rotatable bonds is 5. The van der Waals surface area contributed by atoms with Crippen molar-refractivity contribution in [2.75, 3.05) is 7.11 Å². The number of hydrogen-bond acceptors (Lipinski definition) is 5. The van der Waals surface area contributed by atoms with E-state index in [1.807, 2.05) is 24.3 Å². The first kappa shape index (κ1) is 17.8. The zero-order chi connectivity index (χ0) is 18.5. The van der Waals surface area contributed by atoms with E-state index in [2.05, 4.69) is 10.6 Å². The predicted octanol–water partition coefficient (Wildman–Crippen LogP) is 2.95. The second kappa shape index (κ2) is 7.88. The van der Waals surface area contributed by atoms with Gasteiger partial charge in [-0.2, -0.15) is 0 Å². The van der Waals surface area contributed by atoms with Crippen molar-refractivity contribution in [2.24, 2.45) is 0 Å². The van der Waals surface area contributed by atoms with Gasteiger partial charge in [-0.15, -0.1) is 0 Å². The van der Waals surface area contributed by atoms with E-state index in [1.54, 1.807) is 37.5 Å². The second-order valence-electron chi connectivity index (χ2n) is 5.50. The van der Waals surface area contributed by atoms with E-state index in [0.29, 0.717) is 17.0 Å². The van der Waals surface area contributed by atoms with Crippen LogP contribution in [0.15, 0.2) is 53.4 Å². The van der Waals surface area contributed by atoms with Crippen LogP contribution >= 0.6 is 11.8 Å². The first-order chi connectivity index (χ1) is 12.5. The summed E-state index contributed by atoms with van der Waals surface area (Å²) in [5.41, 5.74) is 2.22. The average Bonchev–Trinajstić information content (AvgIpc) is 2.97. The number of imide groups is 1. The maximum Gasteiger partial charge on any atom is 0.290 e. The van der Waals surface area contributed by atoms with Gasteiger partial charge in [-0.1, -0.05) is 24.3 Å². The lowest BCUT2D eigenvalue weighted by molar-refractivity contribution is -0.115. The van der Waals surface area contributed by atoms with E-state index >= 15 is 0 Å². The van der Waals surface area contributed by atoms with E-state index in [1.165, 1.54) is 0 Å². The summed E-state index contributed by atoms with van der Waals surface area (Å²) in [6.07, 6.45) is 1.62. The van der Waals surface area contributed by atoms with E-state index < -0.39 is 5.91 Å². The molecule has 0 aliphatic carbocycles. The Bertz CT molecular complexity index is 873. The number of benzene rings is 2. The van der Waals surface area contributed by atoms with Crippen LogP contribution in [0.5, 0.6) is 5.75 Å². The molecular weight excluding hydrogens is 352 g/mol. The maximum atomic E-state index is 12.2. The number of hydrogen-bond donors (Lipinski definition) is 2. The third kappa shape index (κ3) is 4.31. The second-order valence-corrected chi connectivity index (χ2v) is 6.52. The van der Waals surface area contributed by atoms with Gasteiger partial charge in [-0.05, 0) is 53.2 Å². The molecule has 0 bridgehead atoms. The van der Waals surface area contributed by atoms with Crippen molar-refractivity contribution in [1.82, 2.24) is 10.6 Å². The Morgan fingerprint density at radius 1 is 1.12 bits per heavy atom. The fourth-order valence-corrected chi connectivity index (χ4v) is 3.01. The van der Waals surface area contributed by atoms with Gasteiger partial charge in [0.05, 0.1) is 12.0 Å². The number of carbonyl (C=O) groups is 3. The molecule has 2 aromatic carbocycles. The number of carbonyl (C=O) groups excluding carboxylic acids is 3. The van der Waals surface area contributed by atoms with E-state index in [-0.39, 0.29) is 11.1 Å². The molecule has 0 aromatic heterocycles. The normalized spacial score (nSPS) is 15.0. The highest BCUT2D eigenvalue weighted by Gasteiger charge is 2.24. The third-order valence-electron chi connectivity index (χ3n) is 3.72. The van der Waals surface area contributed by atoms with Crippen molar-refractivity contribution in [3.05, 3.63) is 70.1 Å². The molecule has 26 heavy (non-hydrogen) atoms. The molecule has 3 amide bonds. The monoisotopic (exact) mass is 368 g/mol. The van der Waals surface area contributed by atoms with Gasteiger partial charge >= 0.3 is 0 Å². The number of nitrogens with one attached hydrogen (secondary N) is 2. The molecule has 0 spiro atoms. The summed E-state index contributed by atoms with van der Waals surface area (Å²) in [5.74, 6) is 0.171. The molecule has 1 saturated heterocycles. The van der Waals surface area contributed by atoms with Gasteiger partial charge in [-0.25, -0.2) is 0 Å². The van der Waals surface area contributed by atoms with Crippen LogP contribution in [0.3, 0.4) is 0 Å². The van der Waals surface area contributed by atoms with E-state index in [0.717, 1.165) is 28.6 Å². The van der Waals surface area contributed by atoms with Gasteiger partial charge < -0.3 is 10.1 Å². The quantitative estimate of drug-likeness (QED) is 0.793. The molecular formula is C19H16N2O4S. The topological polar surface area (TPSA) is 84.5 Å². The summed E-state index contributed by atoms with van der Waals surface area (Å²) in [4.78, 5) is 35.3. The number of ether oxygens (including phenoxy) is 1. The van der Waals surface area contributed by atoms with Crippen molar-refractivity contribution in [1.29, 1.82) is 0 Å². The predicted molar refractivity (Wildman–Crippen MR) is 99.7 cm³/mol.